The fourth-order valence-corrected chi connectivity index (χ4v) is 3.76. The van der Waals surface area contributed by atoms with E-state index in [0.717, 1.165) is 42.3 Å². The fraction of sp³-hybridized carbons (Fsp3) is 0.600. The van der Waals surface area contributed by atoms with E-state index >= 15 is 0 Å². The number of halogens is 3. The van der Waals surface area contributed by atoms with Crippen LogP contribution in [0.1, 0.15) is 37.5 Å². The van der Waals surface area contributed by atoms with E-state index in [2.05, 4.69) is 15.5 Å². The number of nitrogens with zero attached hydrogens (tertiary/aromatic N) is 5. The summed E-state index contributed by atoms with van der Waals surface area (Å²) < 4.78 is 45.2. The van der Waals surface area contributed by atoms with Crippen LogP contribution in [0.4, 0.5) is 13.2 Å². The normalized spacial score (nSPS) is 15.5. The molecule has 3 rings (SSSR count). The van der Waals surface area contributed by atoms with Crippen LogP contribution >= 0.6 is 11.8 Å². The first-order valence-corrected chi connectivity index (χ1v) is 9.18. The lowest BCUT2D eigenvalue weighted by atomic mass is 10.3. The second-order valence-electron chi connectivity index (χ2n) is 6.08. The first-order valence-electron chi connectivity index (χ1n) is 8.20. The van der Waals surface area contributed by atoms with Crippen molar-refractivity contribution < 1.29 is 22.4 Å². The lowest BCUT2D eigenvalue weighted by molar-refractivity contribution is -0.161. The van der Waals surface area contributed by atoms with Crippen molar-refractivity contribution in [2.45, 2.75) is 49.6 Å². The van der Waals surface area contributed by atoms with Gasteiger partial charge in [0.2, 0.25) is 11.1 Å². The molecule has 2 heterocycles. The van der Waals surface area contributed by atoms with Gasteiger partial charge in [-0.2, -0.15) is 13.2 Å². The van der Waals surface area contributed by atoms with Gasteiger partial charge in [0, 0.05) is 0 Å². The number of rotatable bonds is 7. The third-order valence-corrected chi connectivity index (χ3v) is 5.03. The van der Waals surface area contributed by atoms with E-state index in [0.29, 0.717) is 10.9 Å². The van der Waals surface area contributed by atoms with Crippen molar-refractivity contribution in [1.82, 2.24) is 25.1 Å². The maximum Gasteiger partial charge on any atom is 0.406 e. The van der Waals surface area contributed by atoms with Crippen molar-refractivity contribution >= 4 is 17.7 Å². The molecule has 26 heavy (non-hydrogen) atoms. The van der Waals surface area contributed by atoms with Gasteiger partial charge in [-0.25, -0.2) is 4.68 Å². The monoisotopic (exact) mass is 389 g/mol. The number of thioether (sulfide) groups is 1. The fourth-order valence-electron chi connectivity index (χ4n) is 2.92. The zero-order valence-electron chi connectivity index (χ0n) is 13.9. The summed E-state index contributed by atoms with van der Waals surface area (Å²) in [7, 11) is 0. The summed E-state index contributed by atoms with van der Waals surface area (Å²) >= 11 is 1.05. The van der Waals surface area contributed by atoms with Crippen LogP contribution < -0.4 is 0 Å². The van der Waals surface area contributed by atoms with E-state index in [-0.39, 0.29) is 18.3 Å². The Balaban J connectivity index is 1.63. The zero-order chi connectivity index (χ0) is 18.6. The van der Waals surface area contributed by atoms with E-state index in [1.54, 1.807) is 10.7 Å². The minimum Gasteiger partial charge on any atom is -0.467 e. The highest BCUT2D eigenvalue weighted by Crippen LogP contribution is 2.31. The van der Waals surface area contributed by atoms with Crippen molar-refractivity contribution in [3.05, 3.63) is 24.2 Å². The topological polar surface area (TPSA) is 77.1 Å². The number of amides is 1. The molecule has 0 aliphatic heterocycles. The minimum atomic E-state index is -4.49. The average Bonchev–Trinajstić information content (AvgIpc) is 3.31. The van der Waals surface area contributed by atoms with E-state index in [1.807, 2.05) is 0 Å². The lowest BCUT2D eigenvalue weighted by Gasteiger charge is -2.23. The molecule has 1 amide bonds. The molecule has 1 aliphatic carbocycles. The molecular formula is C15H18F3N5O2S. The predicted octanol–water partition coefficient (Wildman–Crippen LogP) is 3.06. The van der Waals surface area contributed by atoms with Crippen molar-refractivity contribution in [2.75, 3.05) is 12.3 Å². The van der Waals surface area contributed by atoms with Gasteiger partial charge in [0.05, 0.1) is 24.6 Å². The molecule has 0 spiro atoms. The van der Waals surface area contributed by atoms with Crippen molar-refractivity contribution in [1.29, 1.82) is 0 Å². The molecule has 142 valence electrons. The average molecular weight is 389 g/mol. The number of aromatic nitrogens is 4. The first kappa shape index (κ1) is 18.7. The molecule has 0 bridgehead atoms. The number of tetrazole rings is 1. The standard InChI is InChI=1S/C15H18F3N5O2S/c16-15(17,18)10-22(8-12-6-3-7-25-12)13(24)9-26-14-19-20-21-23(14)11-4-1-2-5-11/h3,6-7,11H,1-2,4-5,8-10H2. The Morgan fingerprint density at radius 2 is 2.15 bits per heavy atom. The van der Waals surface area contributed by atoms with Gasteiger partial charge in [0.1, 0.15) is 12.3 Å². The van der Waals surface area contributed by atoms with Gasteiger partial charge < -0.3 is 9.32 Å². The quantitative estimate of drug-likeness (QED) is 0.678. The van der Waals surface area contributed by atoms with Gasteiger partial charge >= 0.3 is 6.18 Å². The molecule has 1 saturated carbocycles. The van der Waals surface area contributed by atoms with E-state index in [4.69, 9.17) is 4.42 Å². The molecule has 0 saturated heterocycles. The molecule has 1 aliphatic rings. The Bertz CT molecular complexity index is 713. The number of carbonyl (C=O) groups excluding carboxylic acids is 1. The summed E-state index contributed by atoms with van der Waals surface area (Å²) in [4.78, 5) is 13.1. The smallest absolute Gasteiger partial charge is 0.406 e. The van der Waals surface area contributed by atoms with Gasteiger partial charge in [-0.15, -0.1) is 5.10 Å². The maximum atomic E-state index is 12.8. The zero-order valence-corrected chi connectivity index (χ0v) is 14.7. The van der Waals surface area contributed by atoms with Crippen LogP contribution in [0.25, 0.3) is 0 Å². The molecule has 0 atom stereocenters. The molecule has 2 aromatic rings. The number of carbonyl (C=O) groups is 1. The van der Waals surface area contributed by atoms with Crippen LogP contribution in [0.5, 0.6) is 0 Å². The number of furan rings is 1. The van der Waals surface area contributed by atoms with E-state index < -0.39 is 18.6 Å². The minimum absolute atomic E-state index is 0.177. The van der Waals surface area contributed by atoms with E-state index in [9.17, 15) is 18.0 Å². The van der Waals surface area contributed by atoms with Crippen LogP contribution in [0.3, 0.4) is 0 Å². The summed E-state index contributed by atoms with van der Waals surface area (Å²) in [5, 5.41) is 11.9. The van der Waals surface area contributed by atoms with Gasteiger partial charge in [-0.05, 0) is 35.4 Å². The second kappa shape index (κ2) is 8.11. The number of hydrogen-bond donors (Lipinski definition) is 0. The Morgan fingerprint density at radius 3 is 2.81 bits per heavy atom. The maximum absolute atomic E-state index is 12.8. The Morgan fingerprint density at radius 1 is 1.38 bits per heavy atom. The summed E-state index contributed by atoms with van der Waals surface area (Å²) in [5.41, 5.74) is 0. The number of hydrogen-bond acceptors (Lipinski definition) is 6. The molecule has 7 nitrogen and oxygen atoms in total. The highest BCUT2D eigenvalue weighted by Gasteiger charge is 2.33. The third kappa shape index (κ3) is 4.99. The largest absolute Gasteiger partial charge is 0.467 e. The second-order valence-corrected chi connectivity index (χ2v) is 7.02. The van der Waals surface area contributed by atoms with E-state index in [1.165, 1.54) is 12.3 Å². The van der Waals surface area contributed by atoms with Crippen LogP contribution in [-0.4, -0.2) is 49.5 Å². The van der Waals surface area contributed by atoms with Gasteiger partial charge in [-0.1, -0.05) is 24.6 Å². The Labute approximate surface area is 151 Å². The predicted molar refractivity (Wildman–Crippen MR) is 86.2 cm³/mol. The van der Waals surface area contributed by atoms with Gasteiger partial charge in [0.15, 0.2) is 0 Å². The van der Waals surface area contributed by atoms with Crippen molar-refractivity contribution in [3.8, 4) is 0 Å². The summed E-state index contributed by atoms with van der Waals surface area (Å²) in [5.74, 6) is -0.530. The molecule has 11 heteroatoms. The summed E-state index contributed by atoms with van der Waals surface area (Å²) in [6.07, 6.45) is 0.983. The summed E-state index contributed by atoms with van der Waals surface area (Å²) in [6.45, 7) is -1.57. The van der Waals surface area contributed by atoms with Gasteiger partial charge in [-0.3, -0.25) is 4.79 Å². The van der Waals surface area contributed by atoms with Crippen molar-refractivity contribution in [2.24, 2.45) is 0 Å². The Kier molecular flexibility index (Phi) is 5.84. The van der Waals surface area contributed by atoms with Gasteiger partial charge in [0.25, 0.3) is 0 Å². The summed E-state index contributed by atoms with van der Waals surface area (Å²) in [6, 6.07) is 3.29. The van der Waals surface area contributed by atoms with Crippen LogP contribution in [0.15, 0.2) is 28.0 Å². The highest BCUT2D eigenvalue weighted by molar-refractivity contribution is 7.99. The first-order chi connectivity index (χ1) is 12.4. The Hall–Kier alpha value is -2.04. The molecule has 0 radical (unpaired) electrons. The van der Waals surface area contributed by atoms with Crippen molar-refractivity contribution in [3.63, 3.8) is 0 Å². The lowest BCUT2D eigenvalue weighted by Crippen LogP contribution is -2.39. The van der Waals surface area contributed by atoms with Crippen LogP contribution in [-0.2, 0) is 11.3 Å². The third-order valence-electron chi connectivity index (χ3n) is 4.11. The van der Waals surface area contributed by atoms with Crippen LogP contribution in [0.2, 0.25) is 0 Å². The van der Waals surface area contributed by atoms with Crippen LogP contribution in [0, 0.1) is 0 Å². The molecule has 0 N–H and O–H groups in total. The molecule has 1 fully saturated rings. The molecule has 2 aromatic heterocycles. The highest BCUT2D eigenvalue weighted by atomic mass is 32.2. The number of alkyl halides is 3. The molecule has 0 unspecified atom stereocenters. The SMILES string of the molecule is O=C(CSc1nnnn1C1CCCC1)N(Cc1ccco1)CC(F)(F)F. The molecule has 0 aromatic carbocycles. The molecular weight excluding hydrogens is 371 g/mol.